The van der Waals surface area contributed by atoms with Crippen molar-refractivity contribution in [2.45, 2.75) is 37.1 Å². The second kappa shape index (κ2) is 6.33. The molecule has 0 saturated heterocycles. The summed E-state index contributed by atoms with van der Waals surface area (Å²) in [6, 6.07) is 8.66. The van der Waals surface area contributed by atoms with E-state index in [4.69, 9.17) is 11.6 Å². The molecule has 1 heterocycles. The quantitative estimate of drug-likeness (QED) is 0.913. The normalized spacial score (nSPS) is 22.5. The second-order valence-electron chi connectivity index (χ2n) is 5.30. The van der Waals surface area contributed by atoms with Crippen LogP contribution in [0.5, 0.6) is 0 Å². The second-order valence-corrected chi connectivity index (χ2v) is 6.78. The van der Waals surface area contributed by atoms with E-state index in [1.54, 1.807) is 0 Å². The van der Waals surface area contributed by atoms with Crippen molar-refractivity contribution in [2.24, 2.45) is 0 Å². The molecule has 4 heteroatoms. The van der Waals surface area contributed by atoms with Crippen molar-refractivity contribution in [3.8, 4) is 0 Å². The molecule has 1 aliphatic carbocycles. The summed E-state index contributed by atoms with van der Waals surface area (Å²) in [5, 5.41) is 6.28. The number of nitrogens with zero attached hydrogens (tertiary/aromatic N) is 1. The van der Waals surface area contributed by atoms with Crippen molar-refractivity contribution in [3.05, 3.63) is 41.0 Å². The van der Waals surface area contributed by atoms with E-state index in [-0.39, 0.29) is 0 Å². The molecule has 0 radical (unpaired) electrons. The van der Waals surface area contributed by atoms with Gasteiger partial charge in [-0.25, -0.2) is 0 Å². The molecular formula is C16H19ClN2S. The van der Waals surface area contributed by atoms with Crippen molar-refractivity contribution >= 4 is 34.3 Å². The van der Waals surface area contributed by atoms with Gasteiger partial charge in [0, 0.05) is 34.4 Å². The van der Waals surface area contributed by atoms with E-state index in [9.17, 15) is 0 Å². The molecule has 2 unspecified atom stereocenters. The number of thioether (sulfide) groups is 1. The fourth-order valence-electron chi connectivity index (χ4n) is 3.02. The van der Waals surface area contributed by atoms with Crippen LogP contribution in [0.1, 0.15) is 24.8 Å². The number of hydrogen-bond donors (Lipinski definition) is 1. The Morgan fingerprint density at radius 1 is 1.35 bits per heavy atom. The highest BCUT2D eigenvalue weighted by atomic mass is 35.5. The zero-order valence-corrected chi connectivity index (χ0v) is 13.2. The van der Waals surface area contributed by atoms with E-state index < -0.39 is 0 Å². The molecule has 1 saturated carbocycles. The van der Waals surface area contributed by atoms with E-state index in [1.807, 2.05) is 36.2 Å². The number of fused-ring (bicyclic) bond motifs is 1. The first-order chi connectivity index (χ1) is 9.79. The summed E-state index contributed by atoms with van der Waals surface area (Å²) in [5.41, 5.74) is 2.25. The average Bonchev–Trinajstić information content (AvgIpc) is 2.94. The smallest absolute Gasteiger partial charge is 0.0761 e. The van der Waals surface area contributed by atoms with Crippen molar-refractivity contribution in [2.75, 3.05) is 6.26 Å². The van der Waals surface area contributed by atoms with Crippen LogP contribution in [-0.2, 0) is 6.54 Å². The van der Waals surface area contributed by atoms with E-state index >= 15 is 0 Å². The van der Waals surface area contributed by atoms with Crippen LogP contribution in [0.3, 0.4) is 0 Å². The topological polar surface area (TPSA) is 24.9 Å². The average molecular weight is 307 g/mol. The summed E-state index contributed by atoms with van der Waals surface area (Å²) in [6.45, 7) is 0.867. The molecule has 0 spiro atoms. The van der Waals surface area contributed by atoms with Crippen LogP contribution >= 0.6 is 23.4 Å². The van der Waals surface area contributed by atoms with E-state index in [2.05, 4.69) is 22.6 Å². The highest BCUT2D eigenvalue weighted by Gasteiger charge is 2.25. The Labute approximate surface area is 129 Å². The Kier molecular flexibility index (Phi) is 4.49. The third kappa shape index (κ3) is 2.80. The number of aromatic nitrogens is 1. The van der Waals surface area contributed by atoms with E-state index in [1.165, 1.54) is 24.8 Å². The maximum Gasteiger partial charge on any atom is 0.0761 e. The third-order valence-electron chi connectivity index (χ3n) is 4.11. The summed E-state index contributed by atoms with van der Waals surface area (Å²) in [6.07, 6.45) is 8.00. The van der Waals surface area contributed by atoms with Crippen LogP contribution in [0.15, 0.2) is 30.5 Å². The molecule has 0 amide bonds. The van der Waals surface area contributed by atoms with Gasteiger partial charge in [-0.2, -0.15) is 11.8 Å². The predicted molar refractivity (Wildman–Crippen MR) is 88.5 cm³/mol. The number of rotatable bonds is 4. The van der Waals surface area contributed by atoms with Crippen LogP contribution in [0, 0.1) is 0 Å². The van der Waals surface area contributed by atoms with E-state index in [0.717, 1.165) is 27.7 Å². The Bertz CT molecular complexity index is 602. The summed E-state index contributed by atoms with van der Waals surface area (Å²) < 4.78 is 0. The fourth-order valence-corrected chi connectivity index (χ4v) is 4.20. The standard InChI is InChI=1S/C16H19ClN2S/c1-20-15-6-2-5-14(15)19-10-11-7-8-13(17)12-4-3-9-18-16(11)12/h3-4,7-9,14-15,19H,2,5-6,10H2,1H3. The lowest BCUT2D eigenvalue weighted by molar-refractivity contribution is 0.533. The van der Waals surface area contributed by atoms with Gasteiger partial charge in [-0.05, 0) is 42.9 Å². The van der Waals surface area contributed by atoms with E-state index in [0.29, 0.717) is 6.04 Å². The first-order valence-electron chi connectivity index (χ1n) is 7.08. The molecule has 0 aliphatic heterocycles. The molecule has 0 bridgehead atoms. The van der Waals surface area contributed by atoms with Gasteiger partial charge in [-0.3, -0.25) is 4.98 Å². The third-order valence-corrected chi connectivity index (χ3v) is 5.61. The van der Waals surface area contributed by atoms with Gasteiger partial charge in [-0.1, -0.05) is 24.1 Å². The lowest BCUT2D eigenvalue weighted by atomic mass is 10.1. The van der Waals surface area contributed by atoms with Crippen LogP contribution in [0.4, 0.5) is 0 Å². The lowest BCUT2D eigenvalue weighted by Gasteiger charge is -2.19. The van der Waals surface area contributed by atoms with Crippen LogP contribution in [0.25, 0.3) is 10.9 Å². The van der Waals surface area contributed by atoms with Crippen LogP contribution in [0.2, 0.25) is 5.02 Å². The molecule has 1 aromatic heterocycles. The minimum atomic E-state index is 0.624. The number of halogens is 1. The molecule has 1 fully saturated rings. The highest BCUT2D eigenvalue weighted by molar-refractivity contribution is 7.99. The number of pyridine rings is 1. The summed E-state index contributed by atoms with van der Waals surface area (Å²) >= 11 is 8.22. The monoisotopic (exact) mass is 306 g/mol. The Hall–Kier alpha value is -0.770. The van der Waals surface area contributed by atoms with Gasteiger partial charge in [0.25, 0.3) is 0 Å². The molecular weight excluding hydrogens is 288 g/mol. The highest BCUT2D eigenvalue weighted by Crippen LogP contribution is 2.29. The van der Waals surface area contributed by atoms with Crippen molar-refractivity contribution in [1.82, 2.24) is 10.3 Å². The molecule has 1 aliphatic rings. The van der Waals surface area contributed by atoms with Gasteiger partial charge >= 0.3 is 0 Å². The minimum Gasteiger partial charge on any atom is -0.309 e. The number of benzene rings is 1. The largest absolute Gasteiger partial charge is 0.309 e. The maximum absolute atomic E-state index is 6.24. The molecule has 106 valence electrons. The first-order valence-corrected chi connectivity index (χ1v) is 8.74. The van der Waals surface area contributed by atoms with Crippen molar-refractivity contribution in [1.29, 1.82) is 0 Å². The Morgan fingerprint density at radius 3 is 3.10 bits per heavy atom. The van der Waals surface area contributed by atoms with Gasteiger partial charge in [0.15, 0.2) is 0 Å². The van der Waals surface area contributed by atoms with Gasteiger partial charge in [0.05, 0.1) is 5.52 Å². The molecule has 3 rings (SSSR count). The first kappa shape index (κ1) is 14.2. The fraction of sp³-hybridized carbons (Fsp3) is 0.438. The zero-order chi connectivity index (χ0) is 13.9. The minimum absolute atomic E-state index is 0.624. The zero-order valence-electron chi connectivity index (χ0n) is 11.6. The molecule has 1 N–H and O–H groups in total. The lowest BCUT2D eigenvalue weighted by Crippen LogP contribution is -2.33. The van der Waals surface area contributed by atoms with Crippen LogP contribution < -0.4 is 5.32 Å². The number of nitrogens with one attached hydrogen (secondary N) is 1. The summed E-state index contributed by atoms with van der Waals surface area (Å²) in [4.78, 5) is 4.50. The van der Waals surface area contributed by atoms with Gasteiger partial charge in [-0.15, -0.1) is 0 Å². The number of hydrogen-bond acceptors (Lipinski definition) is 3. The predicted octanol–water partition coefficient (Wildman–Crippen LogP) is 4.26. The summed E-state index contributed by atoms with van der Waals surface area (Å²) in [7, 11) is 0. The SMILES string of the molecule is CSC1CCCC1NCc1ccc(Cl)c2cccnc12. The molecule has 2 nitrogen and oxygen atoms in total. The van der Waals surface area contributed by atoms with Crippen LogP contribution in [-0.4, -0.2) is 22.5 Å². The molecule has 20 heavy (non-hydrogen) atoms. The van der Waals surface area contributed by atoms with Gasteiger partial charge in [0.1, 0.15) is 0 Å². The molecule has 2 atom stereocenters. The Morgan fingerprint density at radius 2 is 2.25 bits per heavy atom. The molecule has 1 aromatic carbocycles. The van der Waals surface area contributed by atoms with Gasteiger partial charge in [0.2, 0.25) is 0 Å². The molecule has 2 aromatic rings. The summed E-state index contributed by atoms with van der Waals surface area (Å²) in [5.74, 6) is 0. The van der Waals surface area contributed by atoms with Crippen molar-refractivity contribution < 1.29 is 0 Å². The Balaban J connectivity index is 1.79. The van der Waals surface area contributed by atoms with Crippen molar-refractivity contribution in [3.63, 3.8) is 0 Å². The maximum atomic E-state index is 6.24. The van der Waals surface area contributed by atoms with Gasteiger partial charge < -0.3 is 5.32 Å².